The number of hydrogen-bond donors (Lipinski definition) is 2. The van der Waals surface area contributed by atoms with Crippen LogP contribution in [-0.2, 0) is 0 Å². The van der Waals surface area contributed by atoms with Gasteiger partial charge in [-0.05, 0) is 35.8 Å². The lowest BCUT2D eigenvalue weighted by atomic mass is 10.1. The maximum absolute atomic E-state index is 12.8. The first-order valence-corrected chi connectivity index (χ1v) is 8.71. The summed E-state index contributed by atoms with van der Waals surface area (Å²) < 4.78 is 21.5. The zero-order valence-electron chi connectivity index (χ0n) is 15.9. The molecule has 0 atom stereocenters. The SMILES string of the molecule is COc1cc(C(=O)Nc2oc(C)c(C(C)=O)c2C(N)=O)c(Br)c(OC)c1OC. The molecule has 0 radical (unpaired) electrons. The van der Waals surface area contributed by atoms with Gasteiger partial charge in [0.25, 0.3) is 11.8 Å². The molecular weight excluding hydrogens is 436 g/mol. The van der Waals surface area contributed by atoms with E-state index in [0.29, 0.717) is 10.2 Å². The highest BCUT2D eigenvalue weighted by Crippen LogP contribution is 2.45. The number of aryl methyl sites for hydroxylation is 1. The van der Waals surface area contributed by atoms with Crippen LogP contribution < -0.4 is 25.3 Å². The van der Waals surface area contributed by atoms with Crippen molar-refractivity contribution >= 4 is 39.4 Å². The molecule has 0 saturated carbocycles. The number of rotatable bonds is 7. The lowest BCUT2D eigenvalue weighted by molar-refractivity contribution is 0.0974. The molecule has 28 heavy (non-hydrogen) atoms. The van der Waals surface area contributed by atoms with Crippen LogP contribution in [-0.4, -0.2) is 38.9 Å². The number of carbonyl (C=O) groups excluding carboxylic acids is 3. The summed E-state index contributed by atoms with van der Waals surface area (Å²) in [5, 5.41) is 2.46. The average Bonchev–Trinajstić information content (AvgIpc) is 2.96. The topological polar surface area (TPSA) is 130 Å². The lowest BCUT2D eigenvalue weighted by Gasteiger charge is -2.16. The van der Waals surface area contributed by atoms with Gasteiger partial charge < -0.3 is 24.4 Å². The van der Waals surface area contributed by atoms with Crippen LogP contribution in [0.25, 0.3) is 0 Å². The summed E-state index contributed by atoms with van der Waals surface area (Å²) in [4.78, 5) is 36.5. The molecule has 0 aliphatic rings. The standard InChI is InChI=1S/C18H19BrN2O7/c1-7(22)11-8(2)28-18(12(11)16(20)23)21-17(24)9-6-10(25-3)14(26-4)15(27-5)13(9)19/h6H,1-5H3,(H2,20,23)(H,21,24). The van der Waals surface area contributed by atoms with Gasteiger partial charge in [-0.25, -0.2) is 0 Å². The maximum Gasteiger partial charge on any atom is 0.259 e. The molecule has 3 N–H and O–H groups in total. The van der Waals surface area contributed by atoms with Crippen molar-refractivity contribution in [1.82, 2.24) is 0 Å². The Morgan fingerprint density at radius 3 is 2.14 bits per heavy atom. The van der Waals surface area contributed by atoms with Gasteiger partial charge in [-0.3, -0.25) is 19.7 Å². The second kappa shape index (κ2) is 8.34. The average molecular weight is 455 g/mol. The van der Waals surface area contributed by atoms with Gasteiger partial charge in [0.2, 0.25) is 11.6 Å². The van der Waals surface area contributed by atoms with E-state index >= 15 is 0 Å². The fourth-order valence-corrected chi connectivity index (χ4v) is 3.38. The first-order chi connectivity index (χ1) is 13.2. The van der Waals surface area contributed by atoms with Crippen LogP contribution in [0.2, 0.25) is 0 Å². The number of methoxy groups -OCH3 is 3. The van der Waals surface area contributed by atoms with E-state index in [1.807, 2.05) is 0 Å². The second-order valence-electron chi connectivity index (χ2n) is 5.62. The molecule has 10 heteroatoms. The molecule has 0 bridgehead atoms. The Morgan fingerprint density at radius 1 is 1.07 bits per heavy atom. The predicted octanol–water partition coefficient (Wildman–Crippen LogP) is 2.93. The number of ketones is 1. The van der Waals surface area contributed by atoms with E-state index in [1.165, 1.54) is 41.2 Å². The molecule has 0 aliphatic heterocycles. The summed E-state index contributed by atoms with van der Waals surface area (Å²) in [6.45, 7) is 2.76. The molecule has 0 fully saturated rings. The van der Waals surface area contributed by atoms with Crippen molar-refractivity contribution in [2.75, 3.05) is 26.6 Å². The zero-order valence-corrected chi connectivity index (χ0v) is 17.5. The van der Waals surface area contributed by atoms with Crippen LogP contribution >= 0.6 is 15.9 Å². The van der Waals surface area contributed by atoms with E-state index in [4.69, 9.17) is 24.4 Å². The van der Waals surface area contributed by atoms with E-state index in [2.05, 4.69) is 21.2 Å². The summed E-state index contributed by atoms with van der Waals surface area (Å²) in [6, 6.07) is 1.42. The molecule has 2 rings (SSSR count). The number of primary amides is 1. The minimum absolute atomic E-state index is 0.0201. The minimum Gasteiger partial charge on any atom is -0.493 e. The van der Waals surface area contributed by atoms with Crippen molar-refractivity contribution in [2.45, 2.75) is 13.8 Å². The summed E-state index contributed by atoms with van der Waals surface area (Å²) in [7, 11) is 4.25. The Hall–Kier alpha value is -3.01. The quantitative estimate of drug-likeness (QED) is 0.614. The van der Waals surface area contributed by atoms with Crippen molar-refractivity contribution in [3.63, 3.8) is 0 Å². The molecule has 1 heterocycles. The van der Waals surface area contributed by atoms with Gasteiger partial charge in [0.15, 0.2) is 17.3 Å². The van der Waals surface area contributed by atoms with Crippen LogP contribution in [0.5, 0.6) is 17.2 Å². The summed E-state index contributed by atoms with van der Waals surface area (Å²) >= 11 is 3.30. The second-order valence-corrected chi connectivity index (χ2v) is 6.41. The van der Waals surface area contributed by atoms with Gasteiger partial charge >= 0.3 is 0 Å². The first kappa shape index (κ1) is 21.3. The Morgan fingerprint density at radius 2 is 1.68 bits per heavy atom. The number of furan rings is 1. The smallest absolute Gasteiger partial charge is 0.259 e. The van der Waals surface area contributed by atoms with Gasteiger partial charge in [0, 0.05) is 0 Å². The fraction of sp³-hybridized carbons (Fsp3) is 0.278. The first-order valence-electron chi connectivity index (χ1n) is 7.91. The van der Waals surface area contributed by atoms with E-state index in [0.717, 1.165) is 0 Å². The fourth-order valence-electron chi connectivity index (χ4n) is 2.75. The van der Waals surface area contributed by atoms with Crippen LogP contribution in [0, 0.1) is 6.92 Å². The third kappa shape index (κ3) is 3.68. The molecule has 0 saturated heterocycles. The van der Waals surface area contributed by atoms with Crippen LogP contribution in [0.15, 0.2) is 15.0 Å². The number of nitrogens with two attached hydrogens (primary N) is 1. The third-order valence-electron chi connectivity index (χ3n) is 3.92. The molecule has 0 unspecified atom stereocenters. The van der Waals surface area contributed by atoms with E-state index in [9.17, 15) is 14.4 Å². The van der Waals surface area contributed by atoms with Crippen LogP contribution in [0.1, 0.15) is 43.8 Å². The lowest BCUT2D eigenvalue weighted by Crippen LogP contribution is -2.19. The Kier molecular flexibility index (Phi) is 6.34. The van der Waals surface area contributed by atoms with Crippen molar-refractivity contribution in [3.05, 3.63) is 33.0 Å². The third-order valence-corrected chi connectivity index (χ3v) is 4.71. The summed E-state index contributed by atoms with van der Waals surface area (Å²) in [6.07, 6.45) is 0. The number of carbonyl (C=O) groups is 3. The molecule has 2 aromatic rings. The summed E-state index contributed by atoms with van der Waals surface area (Å²) in [5.41, 5.74) is 5.31. The van der Waals surface area contributed by atoms with E-state index in [1.54, 1.807) is 0 Å². The van der Waals surface area contributed by atoms with Crippen molar-refractivity contribution < 1.29 is 33.0 Å². The Balaban J connectivity index is 2.57. The summed E-state index contributed by atoms with van der Waals surface area (Å²) in [5.74, 6) is -1.24. The van der Waals surface area contributed by atoms with Crippen LogP contribution in [0.3, 0.4) is 0 Å². The van der Waals surface area contributed by atoms with E-state index < -0.39 is 17.6 Å². The van der Waals surface area contributed by atoms with Crippen molar-refractivity contribution in [1.29, 1.82) is 0 Å². The van der Waals surface area contributed by atoms with Gasteiger partial charge in [0.1, 0.15) is 11.3 Å². The normalized spacial score (nSPS) is 10.4. The monoisotopic (exact) mass is 454 g/mol. The number of Topliss-reactive ketones (excluding diaryl/α,β-unsaturated/α-hetero) is 1. The number of ether oxygens (including phenoxy) is 3. The highest BCUT2D eigenvalue weighted by Gasteiger charge is 2.28. The maximum atomic E-state index is 12.8. The number of nitrogens with one attached hydrogen (secondary N) is 1. The molecule has 150 valence electrons. The highest BCUT2D eigenvalue weighted by atomic mass is 79.9. The molecular formula is C18H19BrN2O7. The molecule has 9 nitrogen and oxygen atoms in total. The number of anilines is 1. The largest absolute Gasteiger partial charge is 0.493 e. The molecule has 2 amide bonds. The van der Waals surface area contributed by atoms with Crippen molar-refractivity contribution in [2.24, 2.45) is 5.73 Å². The van der Waals surface area contributed by atoms with E-state index in [-0.39, 0.29) is 39.8 Å². The predicted molar refractivity (Wildman–Crippen MR) is 104 cm³/mol. The highest BCUT2D eigenvalue weighted by molar-refractivity contribution is 9.10. The number of amides is 2. The number of hydrogen-bond acceptors (Lipinski definition) is 7. The molecule has 1 aromatic carbocycles. The Bertz CT molecular complexity index is 966. The van der Waals surface area contributed by atoms with Gasteiger partial charge in [-0.2, -0.15) is 0 Å². The molecule has 1 aromatic heterocycles. The molecule has 0 spiro atoms. The van der Waals surface area contributed by atoms with Gasteiger partial charge in [-0.15, -0.1) is 0 Å². The number of benzene rings is 1. The van der Waals surface area contributed by atoms with Crippen molar-refractivity contribution in [3.8, 4) is 17.2 Å². The minimum atomic E-state index is -0.902. The zero-order chi connectivity index (χ0) is 21.2. The Labute approximate surface area is 169 Å². The van der Waals surface area contributed by atoms with Crippen LogP contribution in [0.4, 0.5) is 5.88 Å². The number of halogens is 1. The molecule has 0 aliphatic carbocycles. The van der Waals surface area contributed by atoms with Gasteiger partial charge in [0.05, 0.1) is 36.9 Å². The van der Waals surface area contributed by atoms with Gasteiger partial charge in [-0.1, -0.05) is 0 Å².